The second-order valence-corrected chi connectivity index (χ2v) is 5.58. The summed E-state index contributed by atoms with van der Waals surface area (Å²) >= 11 is 0. The number of nitrogens with zero attached hydrogens (tertiary/aromatic N) is 4. The van der Waals surface area contributed by atoms with E-state index in [9.17, 15) is 0 Å². The lowest BCUT2D eigenvalue weighted by Gasteiger charge is -2.30. The van der Waals surface area contributed by atoms with Gasteiger partial charge in [-0.2, -0.15) is 9.97 Å². The van der Waals surface area contributed by atoms with Gasteiger partial charge in [-0.25, -0.2) is 4.98 Å². The van der Waals surface area contributed by atoms with Crippen molar-refractivity contribution in [2.45, 2.75) is 32.6 Å². The smallest absolute Gasteiger partial charge is 0.226 e. The number of nitrogens with one attached hydrogen (secondary N) is 2. The highest BCUT2D eigenvalue weighted by molar-refractivity contribution is 5.84. The minimum absolute atomic E-state index is 0.668. The summed E-state index contributed by atoms with van der Waals surface area (Å²) in [6.45, 7) is 4.06. The molecule has 108 valence electrons. The van der Waals surface area contributed by atoms with Crippen LogP contribution in [0.1, 0.15) is 32.6 Å². The number of anilines is 2. The van der Waals surface area contributed by atoms with Crippen LogP contribution in [0, 0.1) is 5.92 Å². The predicted octanol–water partition coefficient (Wildman–Crippen LogP) is 2.41. The number of imidazole rings is 1. The maximum atomic E-state index is 4.65. The summed E-state index contributed by atoms with van der Waals surface area (Å²) < 4.78 is 0. The van der Waals surface area contributed by atoms with E-state index in [1.54, 1.807) is 6.33 Å². The molecule has 0 bridgehead atoms. The quantitative estimate of drug-likeness (QED) is 0.846. The van der Waals surface area contributed by atoms with E-state index in [-0.39, 0.29) is 0 Å². The van der Waals surface area contributed by atoms with Crippen molar-refractivity contribution in [3.8, 4) is 0 Å². The second-order valence-electron chi connectivity index (χ2n) is 5.58. The molecule has 0 aromatic carbocycles. The van der Waals surface area contributed by atoms with Gasteiger partial charge >= 0.3 is 0 Å². The molecule has 0 spiro atoms. The van der Waals surface area contributed by atoms with Gasteiger partial charge in [0.1, 0.15) is 5.52 Å². The first kappa shape index (κ1) is 13.1. The molecular formula is C14H22N6. The van der Waals surface area contributed by atoms with Gasteiger partial charge in [-0.15, -0.1) is 0 Å². The third kappa shape index (κ3) is 2.55. The van der Waals surface area contributed by atoms with Gasteiger partial charge in [0, 0.05) is 20.1 Å². The fraction of sp³-hybridized carbons (Fsp3) is 0.643. The molecule has 2 N–H and O–H groups in total. The van der Waals surface area contributed by atoms with E-state index in [0.717, 1.165) is 42.4 Å². The highest BCUT2D eigenvalue weighted by Crippen LogP contribution is 2.29. The van der Waals surface area contributed by atoms with E-state index in [1.165, 1.54) is 19.3 Å². The molecule has 3 rings (SSSR count). The Morgan fingerprint density at radius 1 is 1.40 bits per heavy atom. The first-order chi connectivity index (χ1) is 9.78. The largest absolute Gasteiger partial charge is 0.357 e. The number of aromatic amines is 1. The topological polar surface area (TPSA) is 69.7 Å². The lowest BCUT2D eigenvalue weighted by Crippen LogP contribution is -2.30. The van der Waals surface area contributed by atoms with Crippen LogP contribution in [0.2, 0.25) is 0 Å². The van der Waals surface area contributed by atoms with Gasteiger partial charge < -0.3 is 15.2 Å². The van der Waals surface area contributed by atoms with Crippen LogP contribution in [0.5, 0.6) is 0 Å². The lowest BCUT2D eigenvalue weighted by molar-refractivity contribution is 0.321. The monoisotopic (exact) mass is 274 g/mol. The molecule has 1 aliphatic rings. The van der Waals surface area contributed by atoms with E-state index in [2.05, 4.69) is 44.1 Å². The Morgan fingerprint density at radius 2 is 2.25 bits per heavy atom. The van der Waals surface area contributed by atoms with Crippen LogP contribution >= 0.6 is 0 Å². The van der Waals surface area contributed by atoms with Crippen molar-refractivity contribution >= 4 is 22.9 Å². The molecule has 0 amide bonds. The van der Waals surface area contributed by atoms with Crippen molar-refractivity contribution in [2.75, 3.05) is 30.4 Å². The van der Waals surface area contributed by atoms with Crippen LogP contribution in [0.25, 0.3) is 11.2 Å². The summed E-state index contributed by atoms with van der Waals surface area (Å²) in [5.41, 5.74) is 1.66. The van der Waals surface area contributed by atoms with Crippen molar-refractivity contribution in [3.05, 3.63) is 6.33 Å². The van der Waals surface area contributed by atoms with Gasteiger partial charge in [-0.05, 0) is 25.2 Å². The van der Waals surface area contributed by atoms with Crippen molar-refractivity contribution in [1.29, 1.82) is 0 Å². The van der Waals surface area contributed by atoms with Gasteiger partial charge in [-0.1, -0.05) is 13.3 Å². The summed E-state index contributed by atoms with van der Waals surface area (Å²) in [6.07, 6.45) is 6.77. The van der Waals surface area contributed by atoms with Gasteiger partial charge in [0.15, 0.2) is 11.5 Å². The Balaban J connectivity index is 1.87. The van der Waals surface area contributed by atoms with Crippen molar-refractivity contribution in [2.24, 2.45) is 5.92 Å². The average molecular weight is 274 g/mol. The summed E-state index contributed by atoms with van der Waals surface area (Å²) in [5, 5.41) is 3.25. The van der Waals surface area contributed by atoms with E-state index in [1.807, 2.05) is 0 Å². The summed E-state index contributed by atoms with van der Waals surface area (Å²) in [6, 6.07) is 0. The van der Waals surface area contributed by atoms with Gasteiger partial charge in [0.05, 0.1) is 6.33 Å². The minimum Gasteiger partial charge on any atom is -0.357 e. The number of fused-ring (bicyclic) bond motifs is 1. The number of rotatable bonds is 6. The maximum Gasteiger partial charge on any atom is 0.226 e. The van der Waals surface area contributed by atoms with Gasteiger partial charge in [0.2, 0.25) is 5.95 Å². The number of hydrogen-bond donors (Lipinski definition) is 2. The first-order valence-corrected chi connectivity index (χ1v) is 7.44. The molecule has 0 saturated heterocycles. The summed E-state index contributed by atoms with van der Waals surface area (Å²) in [5.74, 6) is 2.42. The molecule has 6 nitrogen and oxygen atoms in total. The zero-order valence-electron chi connectivity index (χ0n) is 12.2. The average Bonchev–Trinajstić information content (AvgIpc) is 2.87. The number of hydrogen-bond acceptors (Lipinski definition) is 5. The third-order valence-corrected chi connectivity index (χ3v) is 3.92. The molecule has 2 heterocycles. The fourth-order valence-electron chi connectivity index (χ4n) is 2.56. The molecular weight excluding hydrogens is 252 g/mol. The molecule has 6 heteroatoms. The van der Waals surface area contributed by atoms with E-state index < -0.39 is 0 Å². The third-order valence-electron chi connectivity index (χ3n) is 3.92. The second kappa shape index (κ2) is 5.64. The van der Waals surface area contributed by atoms with Crippen molar-refractivity contribution < 1.29 is 0 Å². The Labute approximate surface area is 119 Å². The zero-order chi connectivity index (χ0) is 13.9. The fourth-order valence-corrected chi connectivity index (χ4v) is 2.56. The highest BCUT2D eigenvalue weighted by atomic mass is 15.2. The predicted molar refractivity (Wildman–Crippen MR) is 81.1 cm³/mol. The SMILES string of the molecule is CCCNc1nc(N(C)CC2CCC2)c2[nH]cnc2n1. The van der Waals surface area contributed by atoms with Gasteiger partial charge in [-0.3, -0.25) is 0 Å². The highest BCUT2D eigenvalue weighted by Gasteiger charge is 2.21. The number of aromatic nitrogens is 4. The molecule has 1 fully saturated rings. The first-order valence-electron chi connectivity index (χ1n) is 7.44. The molecule has 1 saturated carbocycles. The maximum absolute atomic E-state index is 4.65. The van der Waals surface area contributed by atoms with Gasteiger partial charge in [0.25, 0.3) is 0 Å². The van der Waals surface area contributed by atoms with Crippen molar-refractivity contribution in [1.82, 2.24) is 19.9 Å². The summed E-state index contributed by atoms with van der Waals surface area (Å²) in [7, 11) is 2.10. The number of H-pyrrole nitrogens is 1. The molecule has 2 aromatic heterocycles. The molecule has 0 atom stereocenters. The Morgan fingerprint density at radius 3 is 2.95 bits per heavy atom. The molecule has 0 unspecified atom stereocenters. The lowest BCUT2D eigenvalue weighted by atomic mass is 9.85. The van der Waals surface area contributed by atoms with Crippen LogP contribution in [0.4, 0.5) is 11.8 Å². The molecule has 2 aromatic rings. The van der Waals surface area contributed by atoms with Crippen LogP contribution < -0.4 is 10.2 Å². The molecule has 0 radical (unpaired) electrons. The molecule has 1 aliphatic carbocycles. The van der Waals surface area contributed by atoms with E-state index in [0.29, 0.717) is 5.95 Å². The normalized spacial score (nSPS) is 15.3. The summed E-state index contributed by atoms with van der Waals surface area (Å²) in [4.78, 5) is 18.7. The Hall–Kier alpha value is -1.85. The van der Waals surface area contributed by atoms with Crippen LogP contribution in [-0.2, 0) is 0 Å². The van der Waals surface area contributed by atoms with E-state index in [4.69, 9.17) is 0 Å². The van der Waals surface area contributed by atoms with Crippen LogP contribution in [-0.4, -0.2) is 40.1 Å². The molecule has 20 heavy (non-hydrogen) atoms. The molecule has 0 aliphatic heterocycles. The van der Waals surface area contributed by atoms with E-state index >= 15 is 0 Å². The van der Waals surface area contributed by atoms with Crippen LogP contribution in [0.15, 0.2) is 6.33 Å². The van der Waals surface area contributed by atoms with Crippen molar-refractivity contribution in [3.63, 3.8) is 0 Å². The van der Waals surface area contributed by atoms with Crippen LogP contribution in [0.3, 0.4) is 0 Å². The zero-order valence-corrected chi connectivity index (χ0v) is 12.2. The minimum atomic E-state index is 0.668. The standard InChI is InChI=1S/C14H22N6/c1-3-7-15-14-18-12-11(16-9-17-12)13(19-14)20(2)8-10-5-4-6-10/h9-10H,3-8H2,1-2H3,(H2,15,16,17,18,19). The Bertz CT molecular complexity index is 574. The Kier molecular flexibility index (Phi) is 3.71.